The van der Waals surface area contributed by atoms with Gasteiger partial charge in [0.1, 0.15) is 73.4 Å². The third-order valence-electron chi connectivity index (χ3n) is 24.0. The number of nitrogens with zero attached hydrogens (tertiary/aromatic N) is 5. The van der Waals surface area contributed by atoms with Crippen LogP contribution in [0.2, 0.25) is 0 Å². The molecule has 0 spiro atoms. The molecule has 2 aliphatic rings. The van der Waals surface area contributed by atoms with Gasteiger partial charge in [-0.05, 0) is 91.8 Å². The molecule has 2 aromatic carbocycles. The van der Waals surface area contributed by atoms with Crippen molar-refractivity contribution in [3.8, 4) is 0 Å². The number of primary amides is 2. The van der Waals surface area contributed by atoms with E-state index in [-0.39, 0.29) is 148 Å². The fraction of sp³-hybridized carbons (Fsp3) is 0.638. The average molecular weight is 1990 g/mol. The number of aromatic nitrogens is 7. The Labute approximate surface area is 825 Å². The number of hydrogen-bond donors (Lipinski definition) is 24. The minimum absolute atomic E-state index is 0.00106. The van der Waals surface area contributed by atoms with Gasteiger partial charge >= 0.3 is 0 Å². The van der Waals surface area contributed by atoms with Crippen LogP contribution in [0.4, 0.5) is 0 Å². The lowest BCUT2D eigenvalue weighted by molar-refractivity contribution is -0.143. The first-order chi connectivity index (χ1) is 68.6. The van der Waals surface area contributed by atoms with E-state index >= 15 is 14.4 Å². The van der Waals surface area contributed by atoms with Crippen molar-refractivity contribution in [2.24, 2.45) is 22.9 Å². The number of guanidine groups is 1. The van der Waals surface area contributed by atoms with E-state index in [2.05, 4.69) is 110 Å². The van der Waals surface area contributed by atoms with Crippen LogP contribution in [-0.2, 0) is 117 Å². The monoisotopic (exact) mass is 1990 g/mol. The van der Waals surface area contributed by atoms with E-state index in [0.717, 1.165) is 53.7 Å². The number of nitrogens with two attached hydrogens (primary N) is 4. The first-order valence-corrected chi connectivity index (χ1v) is 49.4. The molecule has 12 atom stereocenters. The van der Waals surface area contributed by atoms with E-state index in [1.807, 2.05) is 25.1 Å². The van der Waals surface area contributed by atoms with Gasteiger partial charge in [-0.2, -0.15) is 0 Å². The minimum atomic E-state index is -1.65. The predicted octanol–water partition coefficient (Wildman–Crippen LogP) is -3.05. The number of aliphatic hydroxyl groups excluding tert-OH is 2. The fourth-order valence-corrected chi connectivity index (χ4v) is 16.2. The lowest BCUT2D eigenvalue weighted by Crippen LogP contribution is -2.61. The number of carbonyl (C=O) groups is 15. The van der Waals surface area contributed by atoms with Crippen molar-refractivity contribution in [2.45, 2.75) is 279 Å². The molecule has 0 saturated carbocycles. The van der Waals surface area contributed by atoms with Gasteiger partial charge < -0.3 is 141 Å². The van der Waals surface area contributed by atoms with Gasteiger partial charge in [0.2, 0.25) is 88.6 Å². The quantitative estimate of drug-likeness (QED) is 0.0104. The number of aliphatic hydroxyl groups is 2. The van der Waals surface area contributed by atoms with Gasteiger partial charge in [-0.25, -0.2) is 10.1 Å². The number of amides is 15. The number of aryl methyl sites for hydroxylation is 1. The molecule has 142 heavy (non-hydrogen) atoms. The molecule has 2 saturated heterocycles. The normalized spacial score (nSPS) is 18.5. The second kappa shape index (κ2) is 66.9. The predicted molar refractivity (Wildman–Crippen MR) is 520 cm³/mol. The van der Waals surface area contributed by atoms with E-state index < -0.39 is 201 Å². The Balaban J connectivity index is 0.891. The maximum atomic E-state index is 15.3. The van der Waals surface area contributed by atoms with Crippen LogP contribution in [0.5, 0.6) is 0 Å². The number of carbonyl (C=O) groups excluding carboxylic acids is 15. The fourth-order valence-electron chi connectivity index (χ4n) is 16.2. The molecule has 786 valence electrons. The van der Waals surface area contributed by atoms with Crippen molar-refractivity contribution in [1.82, 2.24) is 115 Å². The van der Waals surface area contributed by atoms with Crippen LogP contribution in [0.15, 0.2) is 73.3 Å². The summed E-state index contributed by atoms with van der Waals surface area (Å²) in [6.45, 7) is 0.130. The van der Waals surface area contributed by atoms with Gasteiger partial charge in [-0.3, -0.25) is 77.3 Å². The number of rotatable bonds is 63. The molecule has 2 fully saturated rings. The number of para-hydroxylation sites is 1. The van der Waals surface area contributed by atoms with Gasteiger partial charge in [0.05, 0.1) is 70.4 Å². The molecular formula is C94H149N27O21. The van der Waals surface area contributed by atoms with Crippen molar-refractivity contribution in [3.05, 3.63) is 96.0 Å². The largest absolute Gasteiger partial charge is 0.394 e. The van der Waals surface area contributed by atoms with Crippen LogP contribution in [-0.4, -0.2) is 323 Å². The number of H-pyrrole nitrogens is 3. The van der Waals surface area contributed by atoms with E-state index in [4.69, 9.17) is 47.3 Å². The van der Waals surface area contributed by atoms with Gasteiger partial charge in [0, 0.05) is 127 Å². The highest BCUT2D eigenvalue weighted by molar-refractivity contribution is 5.99. The Morgan fingerprint density at radius 3 is 1.86 bits per heavy atom. The number of unbranched alkanes of at least 4 members (excludes halogenated alkanes) is 13. The highest BCUT2D eigenvalue weighted by atomic mass is 16.5. The second-order valence-electron chi connectivity index (χ2n) is 35.4. The van der Waals surface area contributed by atoms with Crippen LogP contribution < -0.4 is 97.4 Å². The SMILES string of the molecule is CCCC[C@H](NC(=O)[C@H](CN)NC[C@H](Cc1c[nH]cn1)NC(=O)[C@H](CCC(N)=O)NC(=O)[C@H](CO)NC(=O)COCCOCCNC(=O)COCCOCCNC(=O)CCCCCCCCCCCCCCCc1nnn[nH]1)C(=O)N[C@H]1CCC(=O)NCCCC[C@@H](C(N)=O)NC(=O)[C@H](Cc2c[nH]c3ccccc23)NC(=O)[C@H](CCCNC(=N)N)NC(=O)[C@@H](Cc2ccccc2)NC(=O)[C@@H]2C[C@@H](O)CN2C1=O. The number of aromatic amines is 3. The molecule has 48 heteroatoms. The molecule has 7 rings (SSSR count). The smallest absolute Gasteiger partial charge is 0.246 e. The zero-order valence-electron chi connectivity index (χ0n) is 81.3. The number of imidazole rings is 1. The number of ether oxygens (including phenoxy) is 4. The van der Waals surface area contributed by atoms with Gasteiger partial charge in [-0.1, -0.05) is 139 Å². The van der Waals surface area contributed by atoms with E-state index in [0.29, 0.717) is 49.2 Å². The summed E-state index contributed by atoms with van der Waals surface area (Å²) in [5.74, 6) is -11.2. The highest BCUT2D eigenvalue weighted by Gasteiger charge is 2.44. The molecule has 5 aromatic rings. The third-order valence-corrected chi connectivity index (χ3v) is 24.0. The zero-order valence-corrected chi connectivity index (χ0v) is 81.3. The molecule has 0 unspecified atom stereocenters. The molecule has 0 aliphatic carbocycles. The number of benzene rings is 2. The van der Waals surface area contributed by atoms with E-state index in [9.17, 15) is 67.7 Å². The molecule has 0 radical (unpaired) electrons. The standard InChI is InChI=1S/C94H149N27O21/c1-2-3-28-69(86(131)114-72-35-37-81(126)101-38-23-22-30-68(84(97)129)110-89(134)74(49-62-53-105-67-29-21-20-27-66(62)67)115-87(132)70(31-24-39-104-94(98)99)111-88(133)73(48-61-25-16-15-17-26-61)116-92(137)77-51-65(123)56-121(77)93(72)138)112-90(135)75(52-95)106-55-64(50-63-54-100-60-107-63)108-85(130)71(34-36-78(96)124)113-91(136)76(57-122)109-83(128)59-142-47-45-140-43-41-103-82(127)58-141-46-44-139-42-40-102-80(125)33-19-14-12-10-8-6-4-5-7-9-11-13-18-32-79-117-119-120-118-79/h15-17,20-21,25-27,29,53-54,60,64-65,68-77,105-106,122-123H,2-14,18-19,22-24,28,30-52,55-59,95H2,1H3,(H2,96,124)(H2,97,129)(H,100,107)(H,101,126)(H,102,125)(H,103,127)(H,108,130)(H,109,128)(H,110,134)(H,111,133)(H,112,135)(H,113,136)(H,114,131)(H,115,132)(H,116,137)(H4,98,99,104)(H,117,118,119,120)/t64-,65+,68-,69-,70-,71-,72-,73+,74-,75-,76-,77-/m0/s1. The van der Waals surface area contributed by atoms with Gasteiger partial charge in [-0.15, -0.1) is 5.10 Å². The summed E-state index contributed by atoms with van der Waals surface area (Å²) in [4.78, 5) is 221. The van der Waals surface area contributed by atoms with Crippen LogP contribution in [0.25, 0.3) is 10.9 Å². The van der Waals surface area contributed by atoms with Gasteiger partial charge in [0.15, 0.2) is 5.96 Å². The van der Waals surface area contributed by atoms with Crippen LogP contribution in [0.3, 0.4) is 0 Å². The Kier molecular flexibility index (Phi) is 54.7. The summed E-state index contributed by atoms with van der Waals surface area (Å²) in [5, 5.41) is 82.1. The Morgan fingerprint density at radius 2 is 1.21 bits per heavy atom. The van der Waals surface area contributed by atoms with Crippen molar-refractivity contribution in [2.75, 3.05) is 105 Å². The number of hydrogen-bond acceptors (Lipinski definition) is 28. The number of fused-ring (bicyclic) bond motifs is 2. The van der Waals surface area contributed by atoms with Crippen molar-refractivity contribution < 1.29 is 101 Å². The molecule has 3 aromatic heterocycles. The van der Waals surface area contributed by atoms with Crippen molar-refractivity contribution >= 4 is 105 Å². The summed E-state index contributed by atoms with van der Waals surface area (Å²) in [6, 6.07) is -0.00519. The topological polar surface area (TPSA) is 732 Å². The molecule has 5 heterocycles. The number of tetrazole rings is 1. The van der Waals surface area contributed by atoms with Crippen LogP contribution in [0.1, 0.15) is 203 Å². The minimum Gasteiger partial charge on any atom is -0.394 e. The lowest BCUT2D eigenvalue weighted by atomic mass is 10.0. The first-order valence-electron chi connectivity index (χ1n) is 49.4. The summed E-state index contributed by atoms with van der Waals surface area (Å²) < 4.78 is 21.8. The van der Waals surface area contributed by atoms with Crippen LogP contribution in [0, 0.1) is 5.41 Å². The van der Waals surface area contributed by atoms with Gasteiger partial charge in [0.25, 0.3) is 0 Å². The second-order valence-corrected chi connectivity index (χ2v) is 35.4. The Hall–Kier alpha value is -12.7. The Morgan fingerprint density at radius 1 is 0.599 bits per heavy atom. The van der Waals surface area contributed by atoms with Crippen LogP contribution >= 0.6 is 0 Å². The molecule has 15 amide bonds. The van der Waals surface area contributed by atoms with E-state index in [1.54, 1.807) is 42.6 Å². The molecule has 0 bridgehead atoms. The summed E-state index contributed by atoms with van der Waals surface area (Å²) in [7, 11) is 0. The summed E-state index contributed by atoms with van der Waals surface area (Å²) >= 11 is 0. The lowest BCUT2D eigenvalue weighted by Gasteiger charge is -2.31. The third kappa shape index (κ3) is 45.5. The van der Waals surface area contributed by atoms with Crippen molar-refractivity contribution in [1.29, 1.82) is 5.41 Å². The highest BCUT2D eigenvalue weighted by Crippen LogP contribution is 2.24. The maximum absolute atomic E-state index is 15.3. The number of nitrogens with one attached hydrogen (secondary N) is 18. The maximum Gasteiger partial charge on any atom is 0.246 e. The first kappa shape index (κ1) is 116. The zero-order chi connectivity index (χ0) is 103. The molecular weight excluding hydrogens is 1840 g/mol. The van der Waals surface area contributed by atoms with E-state index in [1.165, 1.54) is 70.3 Å². The average Bonchev–Trinajstić information content (AvgIpc) is 1.65. The van der Waals surface area contributed by atoms with Crippen molar-refractivity contribution in [3.63, 3.8) is 0 Å². The Bertz CT molecular complexity index is 4690. The summed E-state index contributed by atoms with van der Waals surface area (Å²) in [5.41, 5.74) is 25.6. The summed E-state index contributed by atoms with van der Waals surface area (Å²) in [6.07, 6.45) is 18.7. The molecule has 48 nitrogen and oxygen atoms in total. The molecule has 28 N–H and O–H groups in total. The molecule has 2 aliphatic heterocycles.